The van der Waals surface area contributed by atoms with Crippen molar-refractivity contribution >= 4 is 27.5 Å². The third kappa shape index (κ3) is 4.51. The molecule has 0 amide bonds. The summed E-state index contributed by atoms with van der Waals surface area (Å²) in [6.45, 7) is 2.03. The molecule has 0 radical (unpaired) electrons. The molecule has 0 aliphatic heterocycles. The van der Waals surface area contributed by atoms with Gasteiger partial charge in [-0.3, -0.25) is 0 Å². The molecule has 0 saturated heterocycles. The van der Waals surface area contributed by atoms with Gasteiger partial charge in [0.1, 0.15) is 12.3 Å². The number of benzene rings is 2. The average molecular weight is 356 g/mol. The van der Waals surface area contributed by atoms with Gasteiger partial charge >= 0.3 is 0 Å². The van der Waals surface area contributed by atoms with Gasteiger partial charge in [0, 0.05) is 17.0 Å². The Bertz CT molecular complexity index is 557. The monoisotopic (exact) mass is 354 g/mol. The normalized spacial score (nSPS) is 10.6. The Labute approximate surface area is 133 Å². The first kappa shape index (κ1) is 15.4. The molecule has 106 valence electrons. The Hall–Kier alpha value is -1.03. The summed E-state index contributed by atoms with van der Waals surface area (Å²) in [7, 11) is 1.68. The number of ether oxygens (including phenoxy) is 1. The molecule has 0 aromatic heterocycles. The van der Waals surface area contributed by atoms with E-state index >= 15 is 0 Å². The summed E-state index contributed by atoms with van der Waals surface area (Å²) in [5, 5.41) is 3.10. The first-order valence-corrected chi connectivity index (χ1v) is 7.74. The summed E-state index contributed by atoms with van der Waals surface area (Å²) in [5.41, 5.74) is 2.61. The lowest BCUT2D eigenvalue weighted by Gasteiger charge is -2.06. The predicted molar refractivity (Wildman–Crippen MR) is 86.3 cm³/mol. The molecule has 2 rings (SSSR count). The SMILES string of the molecule is COc1ccc(C[NH2+]CCc2ccc(Cl)cc2)cc1Br. The van der Waals surface area contributed by atoms with Gasteiger partial charge in [0.2, 0.25) is 0 Å². The van der Waals surface area contributed by atoms with E-state index in [0.717, 1.165) is 34.8 Å². The van der Waals surface area contributed by atoms with Crippen LogP contribution in [0, 0.1) is 0 Å². The highest BCUT2D eigenvalue weighted by molar-refractivity contribution is 9.10. The molecule has 0 atom stereocenters. The number of quaternary nitrogens is 1. The number of rotatable bonds is 6. The van der Waals surface area contributed by atoms with Crippen LogP contribution >= 0.6 is 27.5 Å². The Morgan fingerprint density at radius 1 is 1.10 bits per heavy atom. The Morgan fingerprint density at radius 2 is 1.80 bits per heavy atom. The largest absolute Gasteiger partial charge is 0.496 e. The van der Waals surface area contributed by atoms with Crippen molar-refractivity contribution in [1.29, 1.82) is 0 Å². The third-order valence-corrected chi connectivity index (χ3v) is 4.02. The van der Waals surface area contributed by atoms with Crippen LogP contribution in [0.15, 0.2) is 46.9 Å². The zero-order valence-corrected chi connectivity index (χ0v) is 13.7. The number of hydrogen-bond acceptors (Lipinski definition) is 1. The van der Waals surface area contributed by atoms with E-state index in [4.69, 9.17) is 16.3 Å². The van der Waals surface area contributed by atoms with E-state index in [1.807, 2.05) is 18.2 Å². The molecule has 2 nitrogen and oxygen atoms in total. The van der Waals surface area contributed by atoms with Crippen LogP contribution in [0.4, 0.5) is 0 Å². The molecule has 0 saturated carbocycles. The fourth-order valence-electron chi connectivity index (χ4n) is 2.03. The van der Waals surface area contributed by atoms with Crippen molar-refractivity contribution < 1.29 is 10.1 Å². The van der Waals surface area contributed by atoms with E-state index in [9.17, 15) is 0 Å². The van der Waals surface area contributed by atoms with Crippen molar-refractivity contribution in [1.82, 2.24) is 0 Å². The molecule has 0 aliphatic carbocycles. The Kier molecular flexibility index (Phi) is 5.89. The maximum Gasteiger partial charge on any atom is 0.133 e. The summed E-state index contributed by atoms with van der Waals surface area (Å²) in [6, 6.07) is 14.3. The topological polar surface area (TPSA) is 25.8 Å². The van der Waals surface area contributed by atoms with E-state index in [1.54, 1.807) is 7.11 Å². The van der Waals surface area contributed by atoms with Crippen LogP contribution < -0.4 is 10.1 Å². The fourth-order valence-corrected chi connectivity index (χ4v) is 2.74. The third-order valence-electron chi connectivity index (χ3n) is 3.15. The highest BCUT2D eigenvalue weighted by Gasteiger charge is 2.03. The highest BCUT2D eigenvalue weighted by atomic mass is 79.9. The molecule has 2 aromatic carbocycles. The maximum absolute atomic E-state index is 5.87. The van der Waals surface area contributed by atoms with Gasteiger partial charge in [0.15, 0.2) is 0 Å². The number of nitrogens with two attached hydrogens (primary N) is 1. The molecule has 0 fully saturated rings. The van der Waals surface area contributed by atoms with Crippen molar-refractivity contribution in [2.24, 2.45) is 0 Å². The van der Waals surface area contributed by atoms with Crippen LogP contribution in [0.5, 0.6) is 5.75 Å². The molecule has 0 heterocycles. The van der Waals surface area contributed by atoms with Crippen LogP contribution in [-0.4, -0.2) is 13.7 Å². The molecule has 0 bridgehead atoms. The number of halogens is 2. The average Bonchev–Trinajstić information content (AvgIpc) is 2.46. The lowest BCUT2D eigenvalue weighted by Crippen LogP contribution is -2.83. The van der Waals surface area contributed by atoms with E-state index < -0.39 is 0 Å². The predicted octanol–water partition coefficient (Wildman–Crippen LogP) is 3.42. The summed E-state index contributed by atoms with van der Waals surface area (Å²) in [4.78, 5) is 0. The van der Waals surface area contributed by atoms with E-state index in [0.29, 0.717) is 0 Å². The summed E-state index contributed by atoms with van der Waals surface area (Å²) in [6.07, 6.45) is 1.05. The van der Waals surface area contributed by atoms with E-state index in [2.05, 4.69) is 45.5 Å². The lowest BCUT2D eigenvalue weighted by atomic mass is 10.1. The highest BCUT2D eigenvalue weighted by Crippen LogP contribution is 2.25. The second-order valence-corrected chi connectivity index (χ2v) is 5.92. The molecule has 0 unspecified atom stereocenters. The number of methoxy groups -OCH3 is 1. The number of hydrogen-bond donors (Lipinski definition) is 1. The second kappa shape index (κ2) is 7.67. The summed E-state index contributed by atoms with van der Waals surface area (Å²) in [5.74, 6) is 0.870. The van der Waals surface area contributed by atoms with Gasteiger partial charge in [-0.05, 0) is 51.8 Å². The zero-order chi connectivity index (χ0) is 14.4. The van der Waals surface area contributed by atoms with Crippen LogP contribution in [0.3, 0.4) is 0 Å². The lowest BCUT2D eigenvalue weighted by molar-refractivity contribution is -0.670. The Morgan fingerprint density at radius 3 is 2.45 bits per heavy atom. The first-order valence-electron chi connectivity index (χ1n) is 6.57. The first-order chi connectivity index (χ1) is 9.69. The van der Waals surface area contributed by atoms with Gasteiger partial charge in [-0.25, -0.2) is 0 Å². The van der Waals surface area contributed by atoms with E-state index in [-0.39, 0.29) is 0 Å². The molecular weight excluding hydrogens is 338 g/mol. The molecule has 2 aromatic rings. The van der Waals surface area contributed by atoms with Gasteiger partial charge in [0.05, 0.1) is 18.1 Å². The standard InChI is InChI=1S/C16H17BrClNO/c1-20-16-7-4-13(10-15(16)17)11-19-9-8-12-2-5-14(18)6-3-12/h2-7,10,19H,8-9,11H2,1H3/p+1. The quantitative estimate of drug-likeness (QED) is 0.790. The Balaban J connectivity index is 1.78. The van der Waals surface area contributed by atoms with Gasteiger partial charge < -0.3 is 10.1 Å². The smallest absolute Gasteiger partial charge is 0.133 e. The fraction of sp³-hybridized carbons (Fsp3) is 0.250. The summed E-state index contributed by atoms with van der Waals surface area (Å²) >= 11 is 9.38. The molecule has 0 spiro atoms. The second-order valence-electron chi connectivity index (χ2n) is 4.63. The zero-order valence-electron chi connectivity index (χ0n) is 11.4. The van der Waals surface area contributed by atoms with Crippen molar-refractivity contribution in [3.63, 3.8) is 0 Å². The minimum Gasteiger partial charge on any atom is -0.496 e. The minimum atomic E-state index is 0.792. The van der Waals surface area contributed by atoms with Crippen molar-refractivity contribution in [3.8, 4) is 5.75 Å². The van der Waals surface area contributed by atoms with Gasteiger partial charge in [-0.1, -0.05) is 23.7 Å². The molecule has 4 heteroatoms. The molecular formula is C16H18BrClNO+. The summed E-state index contributed by atoms with van der Waals surface area (Å²) < 4.78 is 6.23. The molecule has 20 heavy (non-hydrogen) atoms. The maximum atomic E-state index is 5.87. The van der Waals surface area contributed by atoms with Crippen LogP contribution in [-0.2, 0) is 13.0 Å². The van der Waals surface area contributed by atoms with Crippen molar-refractivity contribution in [3.05, 3.63) is 63.1 Å². The van der Waals surface area contributed by atoms with Crippen LogP contribution in [0.25, 0.3) is 0 Å². The van der Waals surface area contributed by atoms with Gasteiger partial charge in [-0.15, -0.1) is 0 Å². The molecule has 2 N–H and O–H groups in total. The van der Waals surface area contributed by atoms with Crippen molar-refractivity contribution in [2.75, 3.05) is 13.7 Å². The minimum absolute atomic E-state index is 0.792. The van der Waals surface area contributed by atoms with Crippen LogP contribution in [0.1, 0.15) is 11.1 Å². The van der Waals surface area contributed by atoms with Gasteiger partial charge in [-0.2, -0.15) is 0 Å². The van der Waals surface area contributed by atoms with E-state index in [1.165, 1.54) is 11.1 Å². The molecule has 0 aliphatic rings. The van der Waals surface area contributed by atoms with Crippen LogP contribution in [0.2, 0.25) is 5.02 Å². The van der Waals surface area contributed by atoms with Crippen molar-refractivity contribution in [2.45, 2.75) is 13.0 Å². The van der Waals surface area contributed by atoms with Gasteiger partial charge in [0.25, 0.3) is 0 Å².